The number of benzene rings is 1. The summed E-state index contributed by atoms with van der Waals surface area (Å²) in [5, 5.41) is -0.164. The van der Waals surface area contributed by atoms with Crippen LogP contribution in [0.1, 0.15) is 64.5 Å². The maximum absolute atomic E-state index is 12.6. The number of hydrogen-bond acceptors (Lipinski definition) is 4. The first kappa shape index (κ1) is 19.0. The van der Waals surface area contributed by atoms with E-state index in [0.717, 1.165) is 30.2 Å². The van der Waals surface area contributed by atoms with Crippen molar-refractivity contribution < 1.29 is 9.59 Å². The highest BCUT2D eigenvalue weighted by atomic mass is 32.2. The number of imide groups is 1. The van der Waals surface area contributed by atoms with Crippen molar-refractivity contribution in [1.29, 1.82) is 0 Å². The zero-order valence-corrected chi connectivity index (χ0v) is 17.3. The molecular formula is C21H28N2O2S. The third kappa shape index (κ3) is 3.18. The van der Waals surface area contributed by atoms with Crippen LogP contribution in [0.4, 0.5) is 10.5 Å². The standard InChI is InChI=1S/C21H28N2O2S/c1-7-14(3)23-19(24)18(26-20(23)25)11-15-8-9-17-16(10-15)13(2)12-21(4,5)22(17)6/h8-11,13-14H,7,12H2,1-6H3/b18-11-. The van der Waals surface area contributed by atoms with Gasteiger partial charge in [-0.1, -0.05) is 19.9 Å². The monoisotopic (exact) mass is 372 g/mol. The van der Waals surface area contributed by atoms with E-state index < -0.39 is 0 Å². The summed E-state index contributed by atoms with van der Waals surface area (Å²) in [6, 6.07) is 6.29. The highest BCUT2D eigenvalue weighted by Crippen LogP contribution is 2.43. The molecule has 0 N–H and O–H groups in total. The van der Waals surface area contributed by atoms with Crippen molar-refractivity contribution in [2.24, 2.45) is 0 Å². The van der Waals surface area contributed by atoms with Crippen LogP contribution in [0, 0.1) is 0 Å². The molecule has 0 spiro atoms. The summed E-state index contributed by atoms with van der Waals surface area (Å²) in [5.41, 5.74) is 3.67. The Kier molecular flexibility index (Phi) is 4.95. The third-order valence-electron chi connectivity index (χ3n) is 5.81. The summed E-state index contributed by atoms with van der Waals surface area (Å²) in [6.45, 7) is 10.7. The molecule has 4 nitrogen and oxygen atoms in total. The van der Waals surface area contributed by atoms with E-state index in [1.54, 1.807) is 0 Å². The molecule has 1 aromatic carbocycles. The van der Waals surface area contributed by atoms with Crippen molar-refractivity contribution in [2.75, 3.05) is 11.9 Å². The zero-order valence-electron chi connectivity index (χ0n) is 16.5. The Morgan fingerprint density at radius 2 is 2.04 bits per heavy atom. The van der Waals surface area contributed by atoms with Crippen LogP contribution < -0.4 is 4.90 Å². The van der Waals surface area contributed by atoms with Gasteiger partial charge >= 0.3 is 0 Å². The molecule has 1 saturated heterocycles. The van der Waals surface area contributed by atoms with Crippen LogP contribution in [0.3, 0.4) is 0 Å². The molecule has 3 rings (SSSR count). The average Bonchev–Trinajstić information content (AvgIpc) is 2.85. The Balaban J connectivity index is 1.93. The quantitative estimate of drug-likeness (QED) is 0.680. The van der Waals surface area contributed by atoms with Crippen LogP contribution in [-0.2, 0) is 4.79 Å². The molecular weight excluding hydrogens is 344 g/mol. The van der Waals surface area contributed by atoms with Crippen molar-refractivity contribution in [2.45, 2.75) is 65.0 Å². The first-order valence-electron chi connectivity index (χ1n) is 9.30. The fourth-order valence-electron chi connectivity index (χ4n) is 3.88. The Bertz CT molecular complexity index is 784. The molecule has 0 saturated carbocycles. The summed E-state index contributed by atoms with van der Waals surface area (Å²) in [7, 11) is 2.14. The first-order chi connectivity index (χ1) is 12.2. The lowest BCUT2D eigenvalue weighted by atomic mass is 9.80. The summed E-state index contributed by atoms with van der Waals surface area (Å²) in [6.07, 6.45) is 3.72. The average molecular weight is 373 g/mol. The summed E-state index contributed by atoms with van der Waals surface area (Å²) in [5.74, 6) is 0.290. The molecule has 2 aliphatic rings. The van der Waals surface area contributed by atoms with Gasteiger partial charge in [0.2, 0.25) is 0 Å². The topological polar surface area (TPSA) is 40.6 Å². The number of hydrogen-bond donors (Lipinski definition) is 0. The van der Waals surface area contributed by atoms with E-state index in [0.29, 0.717) is 10.8 Å². The van der Waals surface area contributed by atoms with Crippen LogP contribution in [0.15, 0.2) is 23.1 Å². The largest absolute Gasteiger partial charge is 0.369 e. The fraction of sp³-hybridized carbons (Fsp3) is 0.524. The van der Waals surface area contributed by atoms with Gasteiger partial charge in [-0.05, 0) is 80.6 Å². The Labute approximate surface area is 160 Å². The molecule has 5 heteroatoms. The SMILES string of the molecule is CCC(C)N1C(=O)S/C(=C\c2ccc3c(c2)C(C)CC(C)(C)N3C)C1=O. The molecule has 1 fully saturated rings. The highest BCUT2D eigenvalue weighted by Gasteiger charge is 2.38. The summed E-state index contributed by atoms with van der Waals surface area (Å²) < 4.78 is 0. The van der Waals surface area contributed by atoms with E-state index in [2.05, 4.69) is 44.9 Å². The van der Waals surface area contributed by atoms with Gasteiger partial charge in [-0.3, -0.25) is 14.5 Å². The normalized spacial score (nSPS) is 25.0. The van der Waals surface area contributed by atoms with Gasteiger partial charge in [-0.15, -0.1) is 0 Å². The third-order valence-corrected chi connectivity index (χ3v) is 6.69. The number of fused-ring (bicyclic) bond motifs is 1. The molecule has 26 heavy (non-hydrogen) atoms. The van der Waals surface area contributed by atoms with Gasteiger partial charge < -0.3 is 4.90 Å². The van der Waals surface area contributed by atoms with Crippen molar-refractivity contribution in [3.63, 3.8) is 0 Å². The molecule has 2 unspecified atom stereocenters. The number of carbonyl (C=O) groups is 2. The number of anilines is 1. The molecule has 2 heterocycles. The molecule has 2 atom stereocenters. The lowest BCUT2D eigenvalue weighted by Crippen LogP contribution is -2.45. The van der Waals surface area contributed by atoms with Crippen molar-refractivity contribution in [1.82, 2.24) is 4.90 Å². The van der Waals surface area contributed by atoms with E-state index >= 15 is 0 Å². The second-order valence-electron chi connectivity index (χ2n) is 8.10. The molecule has 2 amide bonds. The Hall–Kier alpha value is -1.75. The molecule has 0 aromatic heterocycles. The number of rotatable bonds is 3. The smallest absolute Gasteiger partial charge is 0.293 e. The lowest BCUT2D eigenvalue weighted by molar-refractivity contribution is -0.124. The van der Waals surface area contributed by atoms with Crippen LogP contribution in [0.25, 0.3) is 6.08 Å². The molecule has 0 bridgehead atoms. The van der Waals surface area contributed by atoms with E-state index in [9.17, 15) is 9.59 Å². The fourth-order valence-corrected chi connectivity index (χ4v) is 4.81. The van der Waals surface area contributed by atoms with Crippen molar-refractivity contribution >= 4 is 34.7 Å². The van der Waals surface area contributed by atoms with Crippen molar-refractivity contribution in [3.05, 3.63) is 34.2 Å². The molecule has 1 aromatic rings. The van der Waals surface area contributed by atoms with Gasteiger partial charge in [0, 0.05) is 24.3 Å². The number of nitrogens with zero attached hydrogens (tertiary/aromatic N) is 2. The van der Waals surface area contributed by atoms with Gasteiger partial charge in [-0.25, -0.2) is 0 Å². The van der Waals surface area contributed by atoms with Gasteiger partial charge in [-0.2, -0.15) is 0 Å². The molecule has 0 aliphatic carbocycles. The van der Waals surface area contributed by atoms with E-state index in [4.69, 9.17) is 0 Å². The Morgan fingerprint density at radius 1 is 1.35 bits per heavy atom. The van der Waals surface area contributed by atoms with Gasteiger partial charge in [0.1, 0.15) is 0 Å². The number of amides is 2. The van der Waals surface area contributed by atoms with Gasteiger partial charge in [0.05, 0.1) is 4.91 Å². The highest BCUT2D eigenvalue weighted by molar-refractivity contribution is 8.18. The first-order valence-corrected chi connectivity index (χ1v) is 10.1. The second-order valence-corrected chi connectivity index (χ2v) is 9.10. The minimum absolute atomic E-state index is 0.0622. The van der Waals surface area contributed by atoms with Crippen LogP contribution in [0.2, 0.25) is 0 Å². The maximum atomic E-state index is 12.6. The molecule has 0 radical (unpaired) electrons. The maximum Gasteiger partial charge on any atom is 0.293 e. The predicted molar refractivity (Wildman–Crippen MR) is 110 cm³/mol. The number of thioether (sulfide) groups is 1. The summed E-state index contributed by atoms with van der Waals surface area (Å²) in [4.78, 5) is 29.1. The van der Waals surface area contributed by atoms with Crippen LogP contribution in [-0.4, -0.2) is 34.7 Å². The van der Waals surface area contributed by atoms with E-state index in [1.807, 2.05) is 26.0 Å². The Morgan fingerprint density at radius 3 is 2.69 bits per heavy atom. The molecule has 2 aliphatic heterocycles. The number of carbonyl (C=O) groups excluding carboxylic acids is 2. The van der Waals surface area contributed by atoms with Crippen LogP contribution in [0.5, 0.6) is 0 Å². The van der Waals surface area contributed by atoms with E-state index in [1.165, 1.54) is 16.2 Å². The molecule has 140 valence electrons. The van der Waals surface area contributed by atoms with Crippen LogP contribution >= 0.6 is 11.8 Å². The second kappa shape index (κ2) is 6.76. The predicted octanol–water partition coefficient (Wildman–Crippen LogP) is 5.24. The van der Waals surface area contributed by atoms with Crippen molar-refractivity contribution in [3.8, 4) is 0 Å². The van der Waals surface area contributed by atoms with Gasteiger partial charge in [0.25, 0.3) is 11.1 Å². The minimum Gasteiger partial charge on any atom is -0.369 e. The lowest BCUT2D eigenvalue weighted by Gasteiger charge is -2.45. The zero-order chi connectivity index (χ0) is 19.2. The van der Waals surface area contributed by atoms with E-state index in [-0.39, 0.29) is 22.7 Å². The minimum atomic E-state index is -0.168. The summed E-state index contributed by atoms with van der Waals surface area (Å²) >= 11 is 1.05. The van der Waals surface area contributed by atoms with Gasteiger partial charge in [0.15, 0.2) is 0 Å².